The summed E-state index contributed by atoms with van der Waals surface area (Å²) in [5.74, 6) is 0.816. The van der Waals surface area contributed by atoms with Gasteiger partial charge in [0.05, 0.1) is 17.2 Å². The van der Waals surface area contributed by atoms with Crippen LogP contribution >= 0.6 is 0 Å². The molecule has 0 amide bonds. The van der Waals surface area contributed by atoms with E-state index in [1.165, 1.54) is 12.1 Å². The molecule has 1 atom stereocenters. The van der Waals surface area contributed by atoms with Crippen LogP contribution < -0.4 is 9.62 Å². The van der Waals surface area contributed by atoms with Crippen LogP contribution in [0, 0.1) is 5.82 Å². The van der Waals surface area contributed by atoms with E-state index in [4.69, 9.17) is 4.42 Å². The molecule has 1 unspecified atom stereocenters. The highest BCUT2D eigenvalue weighted by atomic mass is 32.2. The van der Waals surface area contributed by atoms with Crippen molar-refractivity contribution in [2.24, 2.45) is 0 Å². The van der Waals surface area contributed by atoms with Crippen LogP contribution in [0.5, 0.6) is 0 Å². The summed E-state index contributed by atoms with van der Waals surface area (Å²) in [4.78, 5) is 4.69. The zero-order chi connectivity index (χ0) is 23.4. The zero-order valence-electron chi connectivity index (χ0n) is 18.9. The lowest BCUT2D eigenvalue weighted by atomic mass is 10.0. The van der Waals surface area contributed by atoms with Gasteiger partial charge in [-0.05, 0) is 60.0 Å². The van der Waals surface area contributed by atoms with E-state index in [2.05, 4.69) is 28.4 Å². The van der Waals surface area contributed by atoms with Gasteiger partial charge in [-0.3, -0.25) is 4.90 Å². The lowest BCUT2D eigenvalue weighted by Crippen LogP contribution is -2.49. The van der Waals surface area contributed by atoms with Gasteiger partial charge in [0.2, 0.25) is 10.0 Å². The predicted molar refractivity (Wildman–Crippen MR) is 127 cm³/mol. The van der Waals surface area contributed by atoms with Gasteiger partial charge in [0.15, 0.2) is 0 Å². The molecule has 1 N–H and O–H groups in total. The van der Waals surface area contributed by atoms with Gasteiger partial charge >= 0.3 is 0 Å². The Morgan fingerprint density at radius 1 is 0.970 bits per heavy atom. The average Bonchev–Trinajstić information content (AvgIpc) is 3.35. The molecule has 1 fully saturated rings. The molecule has 6 nitrogen and oxygen atoms in total. The van der Waals surface area contributed by atoms with Crippen LogP contribution in [0.3, 0.4) is 0 Å². The average molecular weight is 472 g/mol. The van der Waals surface area contributed by atoms with Crippen molar-refractivity contribution < 1.29 is 17.2 Å². The predicted octanol–water partition coefficient (Wildman–Crippen LogP) is 4.38. The first kappa shape index (κ1) is 23.5. The molecular weight excluding hydrogens is 441 g/mol. The van der Waals surface area contributed by atoms with Gasteiger partial charge in [0, 0.05) is 38.4 Å². The summed E-state index contributed by atoms with van der Waals surface area (Å²) in [6.45, 7) is 7.33. The van der Waals surface area contributed by atoms with Crippen molar-refractivity contribution >= 4 is 15.7 Å². The monoisotopic (exact) mass is 471 g/mol. The fraction of sp³-hybridized carbons (Fsp3) is 0.360. The molecule has 0 radical (unpaired) electrons. The summed E-state index contributed by atoms with van der Waals surface area (Å²) in [5, 5.41) is 0. The van der Waals surface area contributed by atoms with Crippen molar-refractivity contribution in [1.82, 2.24) is 9.62 Å². The van der Waals surface area contributed by atoms with Gasteiger partial charge in [0.25, 0.3) is 0 Å². The van der Waals surface area contributed by atoms with Gasteiger partial charge in [-0.15, -0.1) is 0 Å². The maximum Gasteiger partial charge on any atom is 0.240 e. The highest BCUT2D eigenvalue weighted by molar-refractivity contribution is 7.89. The molecule has 8 heteroatoms. The van der Waals surface area contributed by atoms with Crippen molar-refractivity contribution in [2.75, 3.05) is 37.6 Å². The highest BCUT2D eigenvalue weighted by Gasteiger charge is 2.28. The fourth-order valence-corrected chi connectivity index (χ4v) is 5.18. The Labute approximate surface area is 195 Å². The number of hydrogen-bond donors (Lipinski definition) is 1. The number of furan rings is 1. The summed E-state index contributed by atoms with van der Waals surface area (Å²) in [7, 11) is -3.65. The largest absolute Gasteiger partial charge is 0.468 e. The Balaban J connectivity index is 1.43. The third-order valence-electron chi connectivity index (χ3n) is 6.14. The normalized spacial score (nSPS) is 16.3. The van der Waals surface area contributed by atoms with Crippen molar-refractivity contribution in [3.8, 4) is 0 Å². The van der Waals surface area contributed by atoms with E-state index in [0.717, 1.165) is 43.2 Å². The zero-order valence-corrected chi connectivity index (χ0v) is 19.8. The molecule has 1 saturated heterocycles. The van der Waals surface area contributed by atoms with Crippen molar-refractivity contribution in [3.63, 3.8) is 0 Å². The number of hydrogen-bond acceptors (Lipinski definition) is 5. The molecule has 0 bridgehead atoms. The van der Waals surface area contributed by atoms with Gasteiger partial charge < -0.3 is 9.32 Å². The smallest absolute Gasteiger partial charge is 0.240 e. The molecule has 1 aliphatic rings. The highest BCUT2D eigenvalue weighted by Crippen LogP contribution is 2.25. The number of piperazine rings is 1. The Morgan fingerprint density at radius 3 is 2.21 bits per heavy atom. The summed E-state index contributed by atoms with van der Waals surface area (Å²) in [5.41, 5.74) is 2.08. The van der Waals surface area contributed by atoms with E-state index in [9.17, 15) is 12.8 Å². The van der Waals surface area contributed by atoms with E-state index in [0.29, 0.717) is 5.92 Å². The fourth-order valence-electron chi connectivity index (χ4n) is 4.14. The van der Waals surface area contributed by atoms with Crippen LogP contribution in [0.15, 0.2) is 76.2 Å². The number of anilines is 1. The van der Waals surface area contributed by atoms with E-state index in [-0.39, 0.29) is 23.3 Å². The standard InChI is InChI=1S/C25H30FN3O3S/c1-19(2)20-5-11-23(12-6-20)33(30,31)27-18-24(25-4-3-17-32-25)29-15-13-28(14-16-29)22-9-7-21(26)8-10-22/h3-12,17,19,24,27H,13-16,18H2,1-2H3. The molecule has 3 aromatic rings. The molecule has 4 rings (SSSR count). The van der Waals surface area contributed by atoms with E-state index in [1.54, 1.807) is 30.5 Å². The topological polar surface area (TPSA) is 65.8 Å². The second-order valence-corrected chi connectivity index (χ2v) is 10.4. The SMILES string of the molecule is CC(C)c1ccc(S(=O)(=O)NCC(c2ccco2)N2CCN(c3ccc(F)cc3)CC2)cc1. The van der Waals surface area contributed by atoms with Crippen LogP contribution in [0.25, 0.3) is 0 Å². The van der Waals surface area contributed by atoms with Crippen molar-refractivity contribution in [3.05, 3.63) is 84.1 Å². The molecule has 2 heterocycles. The number of rotatable bonds is 8. The van der Waals surface area contributed by atoms with Gasteiger partial charge in [-0.1, -0.05) is 26.0 Å². The Morgan fingerprint density at radius 2 is 1.64 bits per heavy atom. The second kappa shape index (κ2) is 10.1. The molecule has 2 aromatic carbocycles. The van der Waals surface area contributed by atoms with Crippen LogP contribution in [-0.2, 0) is 10.0 Å². The minimum absolute atomic E-state index is 0.207. The minimum atomic E-state index is -3.65. The maximum absolute atomic E-state index is 13.2. The Hall–Kier alpha value is -2.68. The lowest BCUT2D eigenvalue weighted by Gasteiger charge is -2.39. The molecule has 176 valence electrons. The number of benzene rings is 2. The first-order valence-corrected chi connectivity index (χ1v) is 12.7. The maximum atomic E-state index is 13.2. The molecule has 0 aliphatic carbocycles. The first-order chi connectivity index (χ1) is 15.8. The van der Waals surface area contributed by atoms with Crippen molar-refractivity contribution in [1.29, 1.82) is 0 Å². The third-order valence-corrected chi connectivity index (χ3v) is 7.58. The quantitative estimate of drug-likeness (QED) is 0.528. The number of nitrogens with zero attached hydrogens (tertiary/aromatic N) is 2. The van der Waals surface area contributed by atoms with E-state index in [1.807, 2.05) is 24.3 Å². The Kier molecular flexibility index (Phi) is 7.17. The Bertz CT molecular complexity index is 1120. The van der Waals surface area contributed by atoms with Crippen LogP contribution in [0.1, 0.15) is 37.1 Å². The first-order valence-electron chi connectivity index (χ1n) is 11.2. The summed E-state index contributed by atoms with van der Waals surface area (Å²) < 4.78 is 47.5. The molecule has 1 aromatic heterocycles. The van der Waals surface area contributed by atoms with Crippen LogP contribution in [0.2, 0.25) is 0 Å². The van der Waals surface area contributed by atoms with Crippen LogP contribution in [-0.4, -0.2) is 46.0 Å². The number of halogens is 1. The number of sulfonamides is 1. The van der Waals surface area contributed by atoms with E-state index < -0.39 is 10.0 Å². The molecule has 33 heavy (non-hydrogen) atoms. The van der Waals surface area contributed by atoms with Crippen molar-refractivity contribution in [2.45, 2.75) is 30.7 Å². The molecular formula is C25H30FN3O3S. The minimum Gasteiger partial charge on any atom is -0.468 e. The van der Waals surface area contributed by atoms with Gasteiger partial charge in [0.1, 0.15) is 11.6 Å². The van der Waals surface area contributed by atoms with E-state index >= 15 is 0 Å². The summed E-state index contributed by atoms with van der Waals surface area (Å²) in [6.07, 6.45) is 1.61. The van der Waals surface area contributed by atoms with Gasteiger partial charge in [-0.2, -0.15) is 0 Å². The third kappa shape index (κ3) is 5.63. The van der Waals surface area contributed by atoms with Crippen LogP contribution in [0.4, 0.5) is 10.1 Å². The van der Waals surface area contributed by atoms with Gasteiger partial charge in [-0.25, -0.2) is 17.5 Å². The number of nitrogens with one attached hydrogen (secondary N) is 1. The lowest BCUT2D eigenvalue weighted by molar-refractivity contribution is 0.166. The molecule has 0 spiro atoms. The molecule has 0 saturated carbocycles. The summed E-state index contributed by atoms with van der Waals surface area (Å²) >= 11 is 0. The second-order valence-electron chi connectivity index (χ2n) is 8.61. The summed E-state index contributed by atoms with van der Waals surface area (Å²) in [6, 6.07) is 17.0. The molecule has 1 aliphatic heterocycles.